The van der Waals surface area contributed by atoms with E-state index in [1.165, 1.54) is 12.4 Å². The predicted octanol–water partition coefficient (Wildman–Crippen LogP) is 6.43. The van der Waals surface area contributed by atoms with Crippen LogP contribution in [-0.4, -0.2) is 21.6 Å². The number of allylic oxidation sites excluding steroid dienone is 4. The molecule has 1 aromatic heterocycles. The van der Waals surface area contributed by atoms with Crippen molar-refractivity contribution in [2.45, 2.75) is 58.6 Å². The number of imidazole rings is 1. The lowest BCUT2D eigenvalue weighted by Gasteiger charge is -2.53. The van der Waals surface area contributed by atoms with E-state index in [1.807, 2.05) is 6.33 Å². The van der Waals surface area contributed by atoms with Crippen molar-refractivity contribution in [1.82, 2.24) is 9.55 Å². The van der Waals surface area contributed by atoms with Gasteiger partial charge in [0.25, 0.3) is 0 Å². The summed E-state index contributed by atoms with van der Waals surface area (Å²) in [5.41, 5.74) is 5.59. The van der Waals surface area contributed by atoms with E-state index in [2.05, 4.69) is 90.4 Å². The number of esters is 1. The molecule has 5 unspecified atom stereocenters. The Balaban J connectivity index is 1.45. The van der Waals surface area contributed by atoms with Gasteiger partial charge in [-0.2, -0.15) is 0 Å². The molecule has 7 atom stereocenters. The summed E-state index contributed by atoms with van der Waals surface area (Å²) in [6.45, 7) is 10.3. The van der Waals surface area contributed by atoms with E-state index in [4.69, 9.17) is 4.74 Å². The summed E-state index contributed by atoms with van der Waals surface area (Å²) in [7, 11) is 0. The Morgan fingerprint density at radius 3 is 2.76 bits per heavy atom. The van der Waals surface area contributed by atoms with Crippen molar-refractivity contribution >= 4 is 17.0 Å². The number of rotatable bonds is 4. The molecule has 5 rings (SSSR count). The molecule has 1 heterocycles. The first-order valence-corrected chi connectivity index (χ1v) is 12.2. The highest BCUT2D eigenvalue weighted by Crippen LogP contribution is 2.61. The summed E-state index contributed by atoms with van der Waals surface area (Å²) < 4.78 is 7.81. The van der Waals surface area contributed by atoms with Gasteiger partial charge >= 0.3 is 5.97 Å². The Kier molecular flexibility index (Phi) is 5.45. The second kappa shape index (κ2) is 8.18. The van der Waals surface area contributed by atoms with E-state index in [1.54, 1.807) is 0 Å². The molecule has 2 aromatic rings. The van der Waals surface area contributed by atoms with E-state index in [0.717, 1.165) is 31.2 Å². The van der Waals surface area contributed by atoms with Crippen LogP contribution in [0.25, 0.3) is 11.0 Å². The van der Waals surface area contributed by atoms with Gasteiger partial charge in [0.05, 0.1) is 23.4 Å². The van der Waals surface area contributed by atoms with Crippen molar-refractivity contribution in [3.05, 3.63) is 73.3 Å². The van der Waals surface area contributed by atoms with Crippen LogP contribution < -0.4 is 0 Å². The number of benzene rings is 1. The minimum Gasteiger partial charge on any atom is -0.458 e. The van der Waals surface area contributed by atoms with Gasteiger partial charge in [-0.05, 0) is 78.6 Å². The minimum atomic E-state index is -0.205. The Hall–Kier alpha value is -2.84. The number of hydrogen-bond donors (Lipinski definition) is 0. The van der Waals surface area contributed by atoms with Crippen LogP contribution in [0.3, 0.4) is 0 Å². The van der Waals surface area contributed by atoms with Crippen molar-refractivity contribution in [3.63, 3.8) is 0 Å². The Labute approximate surface area is 196 Å². The first-order valence-electron chi connectivity index (χ1n) is 12.2. The van der Waals surface area contributed by atoms with Crippen LogP contribution in [0.4, 0.5) is 0 Å². The zero-order valence-electron chi connectivity index (χ0n) is 19.9. The van der Waals surface area contributed by atoms with Gasteiger partial charge in [0.15, 0.2) is 0 Å². The summed E-state index contributed by atoms with van der Waals surface area (Å²) in [6, 6.07) is 8.70. The largest absolute Gasteiger partial charge is 0.458 e. The number of aromatic nitrogens is 2. The maximum absolute atomic E-state index is 11.4. The Morgan fingerprint density at radius 2 is 2.03 bits per heavy atom. The van der Waals surface area contributed by atoms with Gasteiger partial charge in [0.1, 0.15) is 6.10 Å². The fourth-order valence-corrected chi connectivity index (χ4v) is 6.97. The second-order valence-corrected chi connectivity index (χ2v) is 10.6. The highest BCUT2D eigenvalue weighted by molar-refractivity contribution is 5.75. The highest BCUT2D eigenvalue weighted by atomic mass is 16.5. The molecule has 0 bridgehead atoms. The third-order valence-corrected chi connectivity index (χ3v) is 8.73. The molecule has 0 aliphatic heterocycles. The molecule has 0 saturated heterocycles. The van der Waals surface area contributed by atoms with Crippen LogP contribution in [-0.2, 0) is 9.53 Å². The van der Waals surface area contributed by atoms with E-state index in [-0.39, 0.29) is 22.9 Å². The Bertz CT molecular complexity index is 1170. The van der Waals surface area contributed by atoms with Gasteiger partial charge in [0, 0.05) is 6.92 Å². The van der Waals surface area contributed by atoms with Crippen LogP contribution in [0.15, 0.2) is 73.3 Å². The van der Waals surface area contributed by atoms with Crippen molar-refractivity contribution < 1.29 is 9.53 Å². The number of ether oxygens (including phenoxy) is 1. The van der Waals surface area contributed by atoms with Crippen molar-refractivity contribution in [2.24, 2.45) is 28.6 Å². The van der Waals surface area contributed by atoms with Crippen molar-refractivity contribution in [2.75, 3.05) is 0 Å². The number of nitrogens with zero attached hydrogens (tertiary/aromatic N) is 2. The SMILES string of the molecule is C=C=CC1C2C=CC(n3cnc4ccccc43)[C@@]2(C)CCC1[C@]1(C)C=CC(OC(C)=O)CC1. The van der Waals surface area contributed by atoms with E-state index >= 15 is 0 Å². The fraction of sp³-hybridized carbons (Fsp3) is 0.483. The summed E-state index contributed by atoms with van der Waals surface area (Å²) in [5, 5.41) is 0. The highest BCUT2D eigenvalue weighted by Gasteiger charge is 2.54. The molecular formula is C29H34N2O2. The standard InChI is InChI=1S/C29H34N2O2/c1-5-8-22-23(28(3)16-13-21(14-17-28)33-20(2)32)15-18-29(4)24(22)11-12-27(29)31-19-30-25-9-6-7-10-26(25)31/h6-13,16,19,21-24,27H,1,14-15,17-18H2,2-4H3/t21?,22?,23?,24?,27?,28-,29+/m1/s1. The average molecular weight is 443 g/mol. The molecule has 1 saturated carbocycles. The monoisotopic (exact) mass is 442 g/mol. The third-order valence-electron chi connectivity index (χ3n) is 8.73. The molecule has 0 amide bonds. The lowest BCUT2D eigenvalue weighted by atomic mass is 9.52. The first kappa shape index (κ1) is 22.0. The molecule has 33 heavy (non-hydrogen) atoms. The molecule has 1 aromatic carbocycles. The smallest absolute Gasteiger partial charge is 0.303 e. The summed E-state index contributed by atoms with van der Waals surface area (Å²) in [4.78, 5) is 16.1. The summed E-state index contributed by atoms with van der Waals surface area (Å²) in [6.07, 6.45) is 17.6. The molecule has 3 aliphatic carbocycles. The predicted molar refractivity (Wildman–Crippen MR) is 131 cm³/mol. The van der Waals surface area contributed by atoms with Gasteiger partial charge in [-0.1, -0.05) is 50.8 Å². The maximum atomic E-state index is 11.4. The topological polar surface area (TPSA) is 44.1 Å². The van der Waals surface area contributed by atoms with Crippen molar-refractivity contribution in [1.29, 1.82) is 0 Å². The third kappa shape index (κ3) is 3.61. The van der Waals surface area contributed by atoms with Gasteiger partial charge < -0.3 is 9.30 Å². The van der Waals surface area contributed by atoms with Crippen LogP contribution in [0.2, 0.25) is 0 Å². The fourth-order valence-electron chi connectivity index (χ4n) is 6.97. The van der Waals surface area contributed by atoms with E-state index in [0.29, 0.717) is 23.8 Å². The zero-order valence-corrected chi connectivity index (χ0v) is 19.9. The number of hydrogen-bond acceptors (Lipinski definition) is 3. The van der Waals surface area contributed by atoms with Crippen LogP contribution in [0.1, 0.15) is 52.5 Å². The van der Waals surface area contributed by atoms with Gasteiger partial charge in [-0.25, -0.2) is 4.98 Å². The first-order chi connectivity index (χ1) is 15.9. The number of carbonyl (C=O) groups excluding carboxylic acids is 1. The molecular weight excluding hydrogens is 408 g/mol. The summed E-state index contributed by atoms with van der Waals surface area (Å²) >= 11 is 0. The van der Waals surface area contributed by atoms with Gasteiger partial charge in [-0.15, -0.1) is 5.73 Å². The molecule has 172 valence electrons. The molecule has 4 heteroatoms. The molecule has 0 radical (unpaired) electrons. The number of carbonyl (C=O) groups is 1. The normalized spacial score (nSPS) is 37.5. The molecule has 4 nitrogen and oxygen atoms in total. The number of fused-ring (bicyclic) bond motifs is 2. The summed E-state index contributed by atoms with van der Waals surface area (Å²) in [5.74, 6) is 1.09. The molecule has 1 fully saturated rings. The lowest BCUT2D eigenvalue weighted by Crippen LogP contribution is -2.47. The average Bonchev–Trinajstić information content (AvgIpc) is 3.36. The van der Waals surface area contributed by atoms with Crippen LogP contribution in [0, 0.1) is 28.6 Å². The maximum Gasteiger partial charge on any atom is 0.303 e. The molecule has 0 N–H and O–H groups in total. The molecule has 0 spiro atoms. The minimum absolute atomic E-state index is 0.0730. The quantitative estimate of drug-likeness (QED) is 0.311. The van der Waals surface area contributed by atoms with Crippen LogP contribution >= 0.6 is 0 Å². The van der Waals surface area contributed by atoms with E-state index < -0.39 is 0 Å². The molecule has 3 aliphatic rings. The van der Waals surface area contributed by atoms with Gasteiger partial charge in [-0.3, -0.25) is 4.79 Å². The van der Waals surface area contributed by atoms with Crippen LogP contribution in [0.5, 0.6) is 0 Å². The zero-order chi connectivity index (χ0) is 23.2. The van der Waals surface area contributed by atoms with Crippen molar-refractivity contribution in [3.8, 4) is 0 Å². The second-order valence-electron chi connectivity index (χ2n) is 10.6. The lowest BCUT2D eigenvalue weighted by molar-refractivity contribution is -0.145. The Morgan fingerprint density at radius 1 is 1.21 bits per heavy atom. The van der Waals surface area contributed by atoms with Gasteiger partial charge in [0.2, 0.25) is 0 Å². The number of para-hydroxylation sites is 2. The van der Waals surface area contributed by atoms with E-state index in [9.17, 15) is 4.79 Å².